The van der Waals surface area contributed by atoms with Gasteiger partial charge in [0, 0.05) is 12.4 Å². The molecule has 0 unspecified atom stereocenters. The molecular weight excluding hydrogens is 362 g/mol. The monoisotopic (exact) mass is 375 g/mol. The fraction of sp³-hybridized carbons (Fsp3) is 0.133. The highest BCUT2D eigenvalue weighted by Gasteiger charge is 2.27. The fourth-order valence-electron chi connectivity index (χ4n) is 1.91. The van der Waals surface area contributed by atoms with E-state index < -0.39 is 39.5 Å². The van der Waals surface area contributed by atoms with Crippen molar-refractivity contribution >= 4 is 23.5 Å². The standard InChI is InChI=1S/C15H13N5O7/c1-26-13-7-11(19(22)23)6-12(20(24)25)15(13)27-9-14(21)18-17-8-10-2-4-16-5-3-10/h2-8H,9H2,1H3,(H,18,21). The normalized spacial score (nSPS) is 10.4. The van der Waals surface area contributed by atoms with Crippen molar-refractivity contribution in [1.82, 2.24) is 10.4 Å². The Morgan fingerprint density at radius 1 is 1.26 bits per heavy atom. The quantitative estimate of drug-likeness (QED) is 0.412. The van der Waals surface area contributed by atoms with Crippen LogP contribution < -0.4 is 14.9 Å². The van der Waals surface area contributed by atoms with Gasteiger partial charge in [0.05, 0.1) is 35.3 Å². The number of nitro benzene ring substituents is 2. The van der Waals surface area contributed by atoms with Crippen molar-refractivity contribution in [1.29, 1.82) is 0 Å². The maximum absolute atomic E-state index is 11.8. The van der Waals surface area contributed by atoms with Crippen molar-refractivity contribution in [2.24, 2.45) is 5.10 Å². The molecule has 1 heterocycles. The minimum atomic E-state index is -0.871. The Bertz CT molecular complexity index is 886. The SMILES string of the molecule is COc1cc([N+](=O)[O-])cc([N+](=O)[O-])c1OCC(=O)NN=Cc1ccncc1. The van der Waals surface area contributed by atoms with Gasteiger partial charge in [0.15, 0.2) is 12.4 Å². The van der Waals surface area contributed by atoms with Crippen LogP contribution in [0.25, 0.3) is 0 Å². The van der Waals surface area contributed by atoms with E-state index in [2.05, 4.69) is 15.5 Å². The summed E-state index contributed by atoms with van der Waals surface area (Å²) in [5.74, 6) is -1.35. The minimum Gasteiger partial charge on any atom is -0.492 e. The molecule has 0 radical (unpaired) electrons. The fourth-order valence-corrected chi connectivity index (χ4v) is 1.91. The van der Waals surface area contributed by atoms with Crippen molar-refractivity contribution in [3.63, 3.8) is 0 Å². The highest BCUT2D eigenvalue weighted by Crippen LogP contribution is 2.40. The maximum Gasteiger partial charge on any atom is 0.321 e. The second-order valence-electron chi connectivity index (χ2n) is 4.87. The molecule has 1 N–H and O–H groups in total. The average molecular weight is 375 g/mol. The first kappa shape index (κ1) is 19.2. The molecule has 0 bridgehead atoms. The van der Waals surface area contributed by atoms with Gasteiger partial charge >= 0.3 is 5.69 Å². The summed E-state index contributed by atoms with van der Waals surface area (Å²) in [7, 11) is 1.16. The number of hydrazone groups is 1. The van der Waals surface area contributed by atoms with E-state index in [0.717, 1.165) is 19.2 Å². The van der Waals surface area contributed by atoms with Crippen LogP contribution in [0.2, 0.25) is 0 Å². The van der Waals surface area contributed by atoms with E-state index in [9.17, 15) is 25.0 Å². The van der Waals surface area contributed by atoms with Crippen LogP contribution >= 0.6 is 0 Å². The lowest BCUT2D eigenvalue weighted by Crippen LogP contribution is -2.25. The summed E-state index contributed by atoms with van der Waals surface area (Å²) in [6, 6.07) is 5.01. The molecule has 27 heavy (non-hydrogen) atoms. The van der Waals surface area contributed by atoms with E-state index in [4.69, 9.17) is 9.47 Å². The second-order valence-corrected chi connectivity index (χ2v) is 4.87. The molecule has 2 aromatic rings. The summed E-state index contributed by atoms with van der Waals surface area (Å²) < 4.78 is 10.0. The molecule has 12 heteroatoms. The van der Waals surface area contributed by atoms with E-state index in [1.54, 1.807) is 24.5 Å². The van der Waals surface area contributed by atoms with Crippen molar-refractivity contribution in [2.45, 2.75) is 0 Å². The van der Waals surface area contributed by atoms with E-state index in [0.29, 0.717) is 5.56 Å². The Labute approximate surface area is 151 Å². The highest BCUT2D eigenvalue weighted by molar-refractivity contribution is 5.82. The second kappa shape index (κ2) is 8.84. The lowest BCUT2D eigenvalue weighted by atomic mass is 10.2. The van der Waals surface area contributed by atoms with Crippen LogP contribution in [0.1, 0.15) is 5.56 Å². The first-order valence-electron chi connectivity index (χ1n) is 7.28. The number of nitrogens with one attached hydrogen (secondary N) is 1. The van der Waals surface area contributed by atoms with Gasteiger partial charge in [0.1, 0.15) is 0 Å². The molecule has 0 saturated carbocycles. The number of nitro groups is 2. The summed E-state index contributed by atoms with van der Waals surface area (Å²) in [6.07, 6.45) is 4.47. The first-order valence-corrected chi connectivity index (χ1v) is 7.28. The molecule has 0 atom stereocenters. The van der Waals surface area contributed by atoms with E-state index >= 15 is 0 Å². The van der Waals surface area contributed by atoms with Crippen molar-refractivity contribution < 1.29 is 24.1 Å². The van der Waals surface area contributed by atoms with Crippen LogP contribution in [0.3, 0.4) is 0 Å². The van der Waals surface area contributed by atoms with Gasteiger partial charge in [-0.25, -0.2) is 5.43 Å². The number of pyridine rings is 1. The van der Waals surface area contributed by atoms with Gasteiger partial charge in [-0.3, -0.25) is 30.0 Å². The number of carbonyl (C=O) groups is 1. The molecular formula is C15H13N5O7. The Balaban J connectivity index is 2.09. The first-order chi connectivity index (χ1) is 12.9. The number of nitrogens with zero attached hydrogens (tertiary/aromatic N) is 4. The zero-order valence-electron chi connectivity index (χ0n) is 13.9. The number of aromatic nitrogens is 1. The number of non-ortho nitro benzene ring substituents is 1. The minimum absolute atomic E-state index is 0.246. The highest BCUT2D eigenvalue weighted by atomic mass is 16.6. The summed E-state index contributed by atoms with van der Waals surface area (Å²) in [5.41, 5.74) is 1.63. The Morgan fingerprint density at radius 3 is 2.56 bits per heavy atom. The summed E-state index contributed by atoms with van der Waals surface area (Å²) >= 11 is 0. The Kier molecular flexibility index (Phi) is 6.30. The van der Waals surface area contributed by atoms with Crippen LogP contribution in [0, 0.1) is 20.2 Å². The molecule has 140 valence electrons. The number of carbonyl (C=O) groups excluding carboxylic acids is 1. The van der Waals surface area contributed by atoms with Gasteiger partial charge in [-0.15, -0.1) is 0 Å². The van der Waals surface area contributed by atoms with Crippen molar-refractivity contribution in [2.75, 3.05) is 13.7 Å². The van der Waals surface area contributed by atoms with Gasteiger partial charge < -0.3 is 9.47 Å². The number of rotatable bonds is 8. The van der Waals surface area contributed by atoms with Gasteiger partial charge in [-0.1, -0.05) is 0 Å². The lowest BCUT2D eigenvalue weighted by molar-refractivity contribution is -0.394. The van der Waals surface area contributed by atoms with Gasteiger partial charge in [-0.05, 0) is 17.7 Å². The van der Waals surface area contributed by atoms with Gasteiger partial charge in [0.2, 0.25) is 5.75 Å². The number of methoxy groups -OCH3 is 1. The third kappa shape index (κ3) is 5.19. The lowest BCUT2D eigenvalue weighted by Gasteiger charge is -2.10. The topological polar surface area (TPSA) is 159 Å². The van der Waals surface area contributed by atoms with Crippen molar-refractivity contribution in [3.05, 3.63) is 62.5 Å². The molecule has 2 rings (SSSR count). The molecule has 0 aliphatic heterocycles. The molecule has 1 aromatic heterocycles. The number of hydrogen-bond donors (Lipinski definition) is 1. The van der Waals surface area contributed by atoms with Crippen LogP contribution in [-0.4, -0.2) is 40.7 Å². The summed E-state index contributed by atoms with van der Waals surface area (Å²) in [5, 5.41) is 25.7. The molecule has 0 saturated heterocycles. The number of hydrogen-bond acceptors (Lipinski definition) is 9. The zero-order valence-corrected chi connectivity index (χ0v) is 13.9. The third-order valence-corrected chi connectivity index (χ3v) is 3.10. The van der Waals surface area contributed by atoms with Crippen molar-refractivity contribution in [3.8, 4) is 11.5 Å². The predicted octanol–water partition coefficient (Wildman–Crippen LogP) is 1.44. The Morgan fingerprint density at radius 2 is 1.96 bits per heavy atom. The molecule has 0 spiro atoms. The summed E-state index contributed by atoms with van der Waals surface area (Å²) in [4.78, 5) is 36.0. The predicted molar refractivity (Wildman–Crippen MR) is 91.8 cm³/mol. The third-order valence-electron chi connectivity index (χ3n) is 3.10. The van der Waals surface area contributed by atoms with Gasteiger partial charge in [0.25, 0.3) is 11.6 Å². The van der Waals surface area contributed by atoms with Crippen LogP contribution in [-0.2, 0) is 4.79 Å². The maximum atomic E-state index is 11.8. The van der Waals surface area contributed by atoms with E-state index in [1.807, 2.05) is 0 Å². The molecule has 1 amide bonds. The van der Waals surface area contributed by atoms with Crippen LogP contribution in [0.15, 0.2) is 41.8 Å². The number of ether oxygens (including phenoxy) is 2. The zero-order chi connectivity index (χ0) is 19.8. The van der Waals surface area contributed by atoms with Crippen LogP contribution in [0.4, 0.5) is 11.4 Å². The summed E-state index contributed by atoms with van der Waals surface area (Å²) in [6.45, 7) is -0.622. The van der Waals surface area contributed by atoms with Gasteiger partial charge in [-0.2, -0.15) is 5.10 Å². The molecule has 12 nitrogen and oxygen atoms in total. The average Bonchev–Trinajstić information content (AvgIpc) is 2.66. The van der Waals surface area contributed by atoms with E-state index in [-0.39, 0.29) is 5.75 Å². The Hall–Kier alpha value is -4.09. The number of benzene rings is 1. The van der Waals surface area contributed by atoms with Crippen LogP contribution in [0.5, 0.6) is 11.5 Å². The smallest absolute Gasteiger partial charge is 0.321 e. The molecule has 0 aliphatic rings. The number of amides is 1. The molecule has 1 aromatic carbocycles. The van der Waals surface area contributed by atoms with E-state index in [1.165, 1.54) is 6.21 Å². The largest absolute Gasteiger partial charge is 0.492 e. The molecule has 0 fully saturated rings. The molecule has 0 aliphatic carbocycles.